The van der Waals surface area contributed by atoms with Gasteiger partial charge in [-0.1, -0.05) is 23.7 Å². The van der Waals surface area contributed by atoms with Gasteiger partial charge in [0, 0.05) is 23.3 Å². The fourth-order valence-electron chi connectivity index (χ4n) is 2.29. The van der Waals surface area contributed by atoms with Crippen molar-refractivity contribution in [2.24, 2.45) is 0 Å². The van der Waals surface area contributed by atoms with Gasteiger partial charge < -0.3 is 5.11 Å². The van der Waals surface area contributed by atoms with E-state index >= 15 is 0 Å². The first-order valence-corrected chi connectivity index (χ1v) is 7.72. The minimum Gasteiger partial charge on any atom is -0.387 e. The van der Waals surface area contributed by atoms with Crippen LogP contribution in [0.5, 0.6) is 0 Å². The molecular weight excluding hydrogens is 312 g/mol. The zero-order valence-corrected chi connectivity index (χ0v) is 13.7. The summed E-state index contributed by atoms with van der Waals surface area (Å²) < 4.78 is 1.58. The highest BCUT2D eigenvalue weighted by molar-refractivity contribution is 6.30. The number of nitrogens with zero attached hydrogens (tertiary/aromatic N) is 4. The lowest BCUT2D eigenvalue weighted by molar-refractivity contribution is 0.193. The van der Waals surface area contributed by atoms with Crippen molar-refractivity contribution in [2.45, 2.75) is 26.4 Å². The van der Waals surface area contributed by atoms with Gasteiger partial charge in [-0.3, -0.25) is 0 Å². The number of hydrogen-bond donors (Lipinski definition) is 1. The van der Waals surface area contributed by atoms with E-state index in [0.717, 1.165) is 22.0 Å². The van der Waals surface area contributed by atoms with Crippen molar-refractivity contribution in [3.8, 4) is 5.95 Å². The fraction of sp³-hybridized carbons (Fsp3) is 0.235. The zero-order valence-electron chi connectivity index (χ0n) is 12.9. The standard InChI is InChI=1S/C17H17ClN4O/c1-11-9-15(10-13-3-5-14(18)6-4-13)20-17(19-11)22-8-7-16(21-22)12(2)23/h3-9,12,23H,10H2,1-2H3. The second-order valence-corrected chi connectivity index (χ2v) is 5.90. The van der Waals surface area contributed by atoms with Crippen LogP contribution in [0.4, 0.5) is 0 Å². The SMILES string of the molecule is Cc1cc(Cc2ccc(Cl)cc2)nc(-n2ccc(C(C)O)n2)n1. The fourth-order valence-corrected chi connectivity index (χ4v) is 2.42. The van der Waals surface area contributed by atoms with Crippen molar-refractivity contribution in [1.82, 2.24) is 19.7 Å². The number of hydrogen-bond acceptors (Lipinski definition) is 4. The van der Waals surface area contributed by atoms with Crippen LogP contribution in [0.3, 0.4) is 0 Å². The van der Waals surface area contributed by atoms with Gasteiger partial charge in [0.25, 0.3) is 5.95 Å². The molecule has 23 heavy (non-hydrogen) atoms. The van der Waals surface area contributed by atoms with E-state index in [0.29, 0.717) is 18.1 Å². The molecule has 118 valence electrons. The number of aryl methyl sites for hydroxylation is 1. The molecule has 1 atom stereocenters. The minimum absolute atomic E-state index is 0.501. The molecule has 5 nitrogen and oxygen atoms in total. The predicted molar refractivity (Wildman–Crippen MR) is 88.8 cm³/mol. The van der Waals surface area contributed by atoms with Gasteiger partial charge in [0.2, 0.25) is 0 Å². The summed E-state index contributed by atoms with van der Waals surface area (Å²) in [4.78, 5) is 8.99. The van der Waals surface area contributed by atoms with Crippen LogP contribution in [0.15, 0.2) is 42.6 Å². The van der Waals surface area contributed by atoms with Gasteiger partial charge in [-0.15, -0.1) is 0 Å². The van der Waals surface area contributed by atoms with Gasteiger partial charge in [-0.05, 0) is 43.7 Å². The zero-order chi connectivity index (χ0) is 16.4. The molecule has 1 unspecified atom stereocenters. The highest BCUT2D eigenvalue weighted by atomic mass is 35.5. The van der Waals surface area contributed by atoms with E-state index in [1.165, 1.54) is 0 Å². The van der Waals surface area contributed by atoms with Crippen molar-refractivity contribution < 1.29 is 5.11 Å². The number of aliphatic hydroxyl groups is 1. The molecule has 0 radical (unpaired) electrons. The molecule has 0 aliphatic rings. The first-order chi connectivity index (χ1) is 11.0. The topological polar surface area (TPSA) is 63.8 Å². The number of aliphatic hydroxyl groups excluding tert-OH is 1. The molecule has 3 rings (SSSR count). The van der Waals surface area contributed by atoms with Crippen LogP contribution < -0.4 is 0 Å². The minimum atomic E-state index is -0.616. The Bertz CT molecular complexity index is 812. The number of rotatable bonds is 4. The largest absolute Gasteiger partial charge is 0.387 e. The summed E-state index contributed by atoms with van der Waals surface area (Å²) in [6, 6.07) is 11.4. The first kappa shape index (κ1) is 15.6. The van der Waals surface area contributed by atoms with Gasteiger partial charge in [0.1, 0.15) is 0 Å². The first-order valence-electron chi connectivity index (χ1n) is 7.34. The molecule has 0 bridgehead atoms. The van der Waals surface area contributed by atoms with Crippen molar-refractivity contribution >= 4 is 11.6 Å². The molecule has 2 heterocycles. The average Bonchev–Trinajstić information content (AvgIpc) is 2.99. The summed E-state index contributed by atoms with van der Waals surface area (Å²) in [5, 5.41) is 14.6. The molecular formula is C17H17ClN4O. The van der Waals surface area contributed by atoms with E-state index in [9.17, 15) is 5.11 Å². The average molecular weight is 329 g/mol. The summed E-state index contributed by atoms with van der Waals surface area (Å²) in [6.45, 7) is 3.60. The lowest BCUT2D eigenvalue weighted by Gasteiger charge is -2.06. The van der Waals surface area contributed by atoms with Gasteiger partial charge in [0.15, 0.2) is 0 Å². The molecule has 0 saturated heterocycles. The monoisotopic (exact) mass is 328 g/mol. The summed E-state index contributed by atoms with van der Waals surface area (Å²) >= 11 is 5.92. The van der Waals surface area contributed by atoms with E-state index in [1.807, 2.05) is 37.3 Å². The third-order valence-electron chi connectivity index (χ3n) is 3.44. The molecule has 0 amide bonds. The molecule has 6 heteroatoms. The quantitative estimate of drug-likeness (QED) is 0.798. The van der Waals surface area contributed by atoms with Crippen LogP contribution in [0.2, 0.25) is 5.02 Å². The Labute approximate surface area is 139 Å². The van der Waals surface area contributed by atoms with Gasteiger partial charge in [-0.2, -0.15) is 5.10 Å². The highest BCUT2D eigenvalue weighted by Crippen LogP contribution is 2.15. The molecule has 1 N–H and O–H groups in total. The van der Waals surface area contributed by atoms with Crippen LogP contribution >= 0.6 is 11.6 Å². The Kier molecular flexibility index (Phi) is 4.41. The molecule has 3 aromatic rings. The van der Waals surface area contributed by atoms with Crippen molar-refractivity contribution in [3.05, 3.63) is 70.3 Å². The highest BCUT2D eigenvalue weighted by Gasteiger charge is 2.10. The number of benzene rings is 1. The predicted octanol–water partition coefficient (Wildman–Crippen LogP) is 3.27. The lowest BCUT2D eigenvalue weighted by atomic mass is 10.1. The van der Waals surface area contributed by atoms with E-state index in [4.69, 9.17) is 11.6 Å². The summed E-state index contributed by atoms with van der Waals surface area (Å²) in [7, 11) is 0. The second-order valence-electron chi connectivity index (χ2n) is 5.47. The third kappa shape index (κ3) is 3.75. The van der Waals surface area contributed by atoms with E-state index in [-0.39, 0.29) is 0 Å². The van der Waals surface area contributed by atoms with Gasteiger partial charge in [-0.25, -0.2) is 14.6 Å². The summed E-state index contributed by atoms with van der Waals surface area (Å²) in [5.74, 6) is 0.501. The normalized spacial score (nSPS) is 12.3. The summed E-state index contributed by atoms with van der Waals surface area (Å²) in [5.41, 5.74) is 3.50. The van der Waals surface area contributed by atoms with Crippen molar-refractivity contribution in [3.63, 3.8) is 0 Å². The second kappa shape index (κ2) is 6.48. The molecule has 2 aromatic heterocycles. The summed E-state index contributed by atoms with van der Waals surface area (Å²) in [6.07, 6.45) is 1.83. The maximum Gasteiger partial charge on any atom is 0.250 e. The van der Waals surface area contributed by atoms with Crippen molar-refractivity contribution in [2.75, 3.05) is 0 Å². The van der Waals surface area contributed by atoms with Crippen LogP contribution in [-0.2, 0) is 6.42 Å². The van der Waals surface area contributed by atoms with Crippen molar-refractivity contribution in [1.29, 1.82) is 0 Å². The Morgan fingerprint density at radius 1 is 1.17 bits per heavy atom. The Balaban J connectivity index is 1.90. The van der Waals surface area contributed by atoms with Crippen LogP contribution in [-0.4, -0.2) is 24.9 Å². The molecule has 0 fully saturated rings. The van der Waals surface area contributed by atoms with Gasteiger partial charge in [0.05, 0.1) is 17.5 Å². The Hall–Kier alpha value is -2.24. The molecule has 0 aliphatic carbocycles. The Morgan fingerprint density at radius 3 is 2.57 bits per heavy atom. The van der Waals surface area contributed by atoms with Gasteiger partial charge >= 0.3 is 0 Å². The van der Waals surface area contributed by atoms with E-state index in [2.05, 4.69) is 15.1 Å². The third-order valence-corrected chi connectivity index (χ3v) is 3.69. The van der Waals surface area contributed by atoms with E-state index in [1.54, 1.807) is 23.9 Å². The number of halogens is 1. The van der Waals surface area contributed by atoms with Crippen LogP contribution in [0, 0.1) is 6.92 Å². The maximum atomic E-state index is 9.58. The Morgan fingerprint density at radius 2 is 1.91 bits per heavy atom. The van der Waals surface area contributed by atoms with Crippen LogP contribution in [0.1, 0.15) is 35.7 Å². The molecule has 1 aromatic carbocycles. The smallest absolute Gasteiger partial charge is 0.250 e. The maximum absolute atomic E-state index is 9.58. The van der Waals surface area contributed by atoms with Crippen LogP contribution in [0.25, 0.3) is 5.95 Å². The lowest BCUT2D eigenvalue weighted by Crippen LogP contribution is -2.07. The number of aromatic nitrogens is 4. The molecule has 0 spiro atoms. The molecule has 0 saturated carbocycles. The molecule has 0 aliphatic heterocycles. The van der Waals surface area contributed by atoms with E-state index < -0.39 is 6.10 Å².